The number of hydrogen-bond donors (Lipinski definition) is 3. The lowest BCUT2D eigenvalue weighted by atomic mass is 10.0. The molecule has 25 heavy (non-hydrogen) atoms. The molecule has 130 valence electrons. The molecule has 2 atom stereocenters. The Morgan fingerprint density at radius 3 is 2.32 bits per heavy atom. The predicted octanol–water partition coefficient (Wildman–Crippen LogP) is 2.03. The molecule has 0 radical (unpaired) electrons. The van der Waals surface area contributed by atoms with Crippen LogP contribution in [0, 0.1) is 0 Å². The molecule has 1 heterocycles. The lowest BCUT2D eigenvalue weighted by Crippen LogP contribution is -2.49. The third-order valence-corrected chi connectivity index (χ3v) is 4.35. The molecule has 2 aromatic rings. The van der Waals surface area contributed by atoms with Crippen molar-refractivity contribution in [2.45, 2.75) is 24.9 Å². The van der Waals surface area contributed by atoms with Crippen molar-refractivity contribution >= 4 is 11.8 Å². The van der Waals surface area contributed by atoms with Crippen molar-refractivity contribution < 1.29 is 9.59 Å². The van der Waals surface area contributed by atoms with Crippen LogP contribution in [-0.4, -0.2) is 30.9 Å². The maximum Gasteiger partial charge on any atom is 0.252 e. The van der Waals surface area contributed by atoms with Crippen LogP contribution in [0.25, 0.3) is 0 Å². The molecule has 5 nitrogen and oxygen atoms in total. The zero-order valence-corrected chi connectivity index (χ0v) is 14.1. The first kappa shape index (κ1) is 17.2. The summed E-state index contributed by atoms with van der Waals surface area (Å²) in [6.45, 7) is 1.75. The van der Waals surface area contributed by atoms with Crippen LogP contribution in [-0.2, 0) is 4.79 Å². The van der Waals surface area contributed by atoms with Crippen molar-refractivity contribution in [1.82, 2.24) is 16.0 Å². The van der Waals surface area contributed by atoms with Gasteiger partial charge in [-0.2, -0.15) is 0 Å². The summed E-state index contributed by atoms with van der Waals surface area (Å²) in [4.78, 5) is 25.3. The number of carbonyl (C=O) groups excluding carboxylic acids is 2. The molecule has 1 fully saturated rings. The smallest absolute Gasteiger partial charge is 0.252 e. The number of piperidine rings is 1. The summed E-state index contributed by atoms with van der Waals surface area (Å²) in [5, 5.41) is 9.21. The van der Waals surface area contributed by atoms with E-state index in [0.717, 1.165) is 31.5 Å². The first-order valence-electron chi connectivity index (χ1n) is 8.66. The first-order valence-corrected chi connectivity index (χ1v) is 8.66. The second-order valence-electron chi connectivity index (χ2n) is 6.24. The highest BCUT2D eigenvalue weighted by molar-refractivity contribution is 5.97. The number of hydrogen-bond acceptors (Lipinski definition) is 3. The Labute approximate surface area is 147 Å². The zero-order valence-electron chi connectivity index (χ0n) is 14.1. The number of benzene rings is 2. The number of nitrogens with one attached hydrogen (secondary N) is 3. The Kier molecular flexibility index (Phi) is 5.80. The average Bonchev–Trinajstić information content (AvgIpc) is 2.68. The maximum atomic E-state index is 12.8. The van der Waals surface area contributed by atoms with E-state index in [1.54, 1.807) is 24.3 Å². The minimum atomic E-state index is -0.712. The van der Waals surface area contributed by atoms with Crippen molar-refractivity contribution in [3.8, 4) is 0 Å². The Bertz CT molecular complexity index is 697. The van der Waals surface area contributed by atoms with Gasteiger partial charge in [0.2, 0.25) is 5.91 Å². The van der Waals surface area contributed by atoms with Gasteiger partial charge in [0.05, 0.1) is 0 Å². The van der Waals surface area contributed by atoms with Crippen LogP contribution in [0.2, 0.25) is 0 Å². The van der Waals surface area contributed by atoms with E-state index in [2.05, 4.69) is 16.0 Å². The van der Waals surface area contributed by atoms with Crippen molar-refractivity contribution in [2.24, 2.45) is 0 Å². The van der Waals surface area contributed by atoms with E-state index in [9.17, 15) is 9.59 Å². The fourth-order valence-corrected chi connectivity index (χ4v) is 3.01. The Hall–Kier alpha value is -2.66. The first-order chi connectivity index (χ1) is 12.2. The minimum absolute atomic E-state index is 0.0982. The standard InChI is InChI=1S/C20H23N3O2/c24-19(16-10-5-2-6-11-16)23-18(15-8-3-1-4-9-15)20(25)22-17-12-7-13-21-14-17/h1-6,8-11,17-18,21H,7,12-14H2,(H,22,25)(H,23,24)/t17-,18?/m0/s1. The zero-order chi connectivity index (χ0) is 17.5. The monoisotopic (exact) mass is 337 g/mol. The van der Waals surface area contributed by atoms with E-state index in [1.807, 2.05) is 36.4 Å². The molecule has 2 aromatic carbocycles. The molecule has 3 N–H and O–H groups in total. The molecule has 1 aliphatic heterocycles. The van der Waals surface area contributed by atoms with Gasteiger partial charge in [-0.25, -0.2) is 0 Å². The van der Waals surface area contributed by atoms with Gasteiger partial charge < -0.3 is 16.0 Å². The second kappa shape index (κ2) is 8.44. The molecule has 0 bridgehead atoms. The van der Waals surface area contributed by atoms with E-state index >= 15 is 0 Å². The molecule has 0 aromatic heterocycles. The van der Waals surface area contributed by atoms with Crippen LogP contribution >= 0.6 is 0 Å². The molecule has 0 spiro atoms. The molecule has 1 aliphatic rings. The predicted molar refractivity (Wildman–Crippen MR) is 97.1 cm³/mol. The van der Waals surface area contributed by atoms with Gasteiger partial charge in [0.1, 0.15) is 6.04 Å². The third kappa shape index (κ3) is 4.67. The van der Waals surface area contributed by atoms with Gasteiger partial charge in [0, 0.05) is 18.2 Å². The fourth-order valence-electron chi connectivity index (χ4n) is 3.01. The van der Waals surface area contributed by atoms with Gasteiger partial charge in [-0.3, -0.25) is 9.59 Å². The van der Waals surface area contributed by atoms with Gasteiger partial charge in [-0.05, 0) is 37.1 Å². The van der Waals surface area contributed by atoms with E-state index in [0.29, 0.717) is 5.56 Å². The van der Waals surface area contributed by atoms with Gasteiger partial charge >= 0.3 is 0 Å². The van der Waals surface area contributed by atoms with Crippen LogP contribution in [0.1, 0.15) is 34.8 Å². The van der Waals surface area contributed by atoms with Gasteiger partial charge in [0.15, 0.2) is 0 Å². The highest BCUT2D eigenvalue weighted by Crippen LogP contribution is 2.15. The van der Waals surface area contributed by atoms with Crippen molar-refractivity contribution in [2.75, 3.05) is 13.1 Å². The highest BCUT2D eigenvalue weighted by atomic mass is 16.2. The normalized spacial score (nSPS) is 18.2. The van der Waals surface area contributed by atoms with Gasteiger partial charge in [-0.1, -0.05) is 48.5 Å². The lowest BCUT2D eigenvalue weighted by Gasteiger charge is -2.27. The average molecular weight is 337 g/mol. The maximum absolute atomic E-state index is 12.8. The Morgan fingerprint density at radius 2 is 1.68 bits per heavy atom. The molecule has 5 heteroatoms. The van der Waals surface area contributed by atoms with E-state index in [1.165, 1.54) is 0 Å². The third-order valence-electron chi connectivity index (χ3n) is 4.35. The lowest BCUT2D eigenvalue weighted by molar-refractivity contribution is -0.124. The molecule has 1 unspecified atom stereocenters. The Morgan fingerprint density at radius 1 is 1.00 bits per heavy atom. The molecular formula is C20H23N3O2. The van der Waals surface area contributed by atoms with E-state index in [4.69, 9.17) is 0 Å². The van der Waals surface area contributed by atoms with Crippen LogP contribution in [0.3, 0.4) is 0 Å². The van der Waals surface area contributed by atoms with Gasteiger partial charge in [-0.15, -0.1) is 0 Å². The summed E-state index contributed by atoms with van der Waals surface area (Å²) in [5.74, 6) is -0.435. The largest absolute Gasteiger partial charge is 0.350 e. The van der Waals surface area contributed by atoms with Crippen molar-refractivity contribution in [3.63, 3.8) is 0 Å². The topological polar surface area (TPSA) is 70.2 Å². The highest BCUT2D eigenvalue weighted by Gasteiger charge is 2.25. The van der Waals surface area contributed by atoms with E-state index < -0.39 is 6.04 Å². The molecular weight excluding hydrogens is 314 g/mol. The molecule has 0 aliphatic carbocycles. The summed E-state index contributed by atoms with van der Waals surface area (Å²) >= 11 is 0. The van der Waals surface area contributed by atoms with Crippen LogP contribution in [0.4, 0.5) is 0 Å². The second-order valence-corrected chi connectivity index (χ2v) is 6.24. The summed E-state index contributed by atoms with van der Waals surface area (Å²) in [6, 6.07) is 17.7. The van der Waals surface area contributed by atoms with Gasteiger partial charge in [0.25, 0.3) is 5.91 Å². The SMILES string of the molecule is O=C(NC(C(=O)N[C@H]1CCCNC1)c1ccccc1)c1ccccc1. The summed E-state index contributed by atoms with van der Waals surface area (Å²) < 4.78 is 0. The van der Waals surface area contributed by atoms with Crippen LogP contribution < -0.4 is 16.0 Å². The Balaban J connectivity index is 1.75. The number of rotatable bonds is 5. The van der Waals surface area contributed by atoms with Crippen molar-refractivity contribution in [3.05, 3.63) is 71.8 Å². The summed E-state index contributed by atoms with van der Waals surface area (Å²) in [6.07, 6.45) is 1.99. The summed E-state index contributed by atoms with van der Waals surface area (Å²) in [5.41, 5.74) is 1.31. The number of carbonyl (C=O) groups is 2. The molecule has 2 amide bonds. The van der Waals surface area contributed by atoms with Crippen molar-refractivity contribution in [1.29, 1.82) is 0 Å². The van der Waals surface area contributed by atoms with Crippen LogP contribution in [0.5, 0.6) is 0 Å². The van der Waals surface area contributed by atoms with E-state index in [-0.39, 0.29) is 17.9 Å². The minimum Gasteiger partial charge on any atom is -0.350 e. The molecule has 1 saturated heterocycles. The quantitative estimate of drug-likeness (QED) is 0.782. The summed E-state index contributed by atoms with van der Waals surface area (Å²) in [7, 11) is 0. The van der Waals surface area contributed by atoms with Crippen LogP contribution in [0.15, 0.2) is 60.7 Å². The number of amides is 2. The molecule has 0 saturated carbocycles. The fraction of sp³-hybridized carbons (Fsp3) is 0.300. The molecule has 3 rings (SSSR count).